The quantitative estimate of drug-likeness (QED) is 0.270. The summed E-state index contributed by atoms with van der Waals surface area (Å²) in [5.41, 5.74) is 4.00. The normalized spacial score (nSPS) is 10.8. The first-order chi connectivity index (χ1) is 15.3. The minimum Gasteiger partial charge on any atom is -0.481 e. The van der Waals surface area contributed by atoms with Crippen LogP contribution in [-0.2, 0) is 4.79 Å². The molecule has 0 saturated carbocycles. The van der Waals surface area contributed by atoms with Gasteiger partial charge in [-0.15, -0.1) is 0 Å². The molecule has 2 N–H and O–H groups in total. The summed E-state index contributed by atoms with van der Waals surface area (Å²) in [6.45, 7) is -0.293. The predicted octanol–water partition coefficient (Wildman–Crippen LogP) is 6.19. The second kappa shape index (κ2) is 11.3. The fourth-order valence-corrected chi connectivity index (χ4v) is 3.49. The largest absolute Gasteiger partial charge is 0.481 e. The maximum atomic E-state index is 12.1. The van der Waals surface area contributed by atoms with Crippen molar-refractivity contribution in [1.82, 2.24) is 5.43 Å². The first-order valence-corrected chi connectivity index (χ1v) is 11.0. The SMILES string of the molecule is O=C(COc1c(Cl)cc(/C=N/NC(=O)c2ccc(Br)cc2)cc1Cl)Nc1ccc(Cl)cc1. The first kappa shape index (κ1) is 24.1. The standard InChI is InChI=1S/C22H15BrCl3N3O3/c23-15-3-1-14(2-4-15)22(31)29-27-11-13-9-18(25)21(19(26)10-13)32-12-20(30)28-17-7-5-16(24)6-8-17/h1-11H,12H2,(H,28,30)(H,29,31)/b27-11+. The molecule has 0 saturated heterocycles. The summed E-state index contributed by atoms with van der Waals surface area (Å²) in [7, 11) is 0. The van der Waals surface area contributed by atoms with Crippen LogP contribution in [0.25, 0.3) is 0 Å². The maximum Gasteiger partial charge on any atom is 0.271 e. The molecule has 3 aromatic rings. The Morgan fingerprint density at radius 2 is 1.59 bits per heavy atom. The molecule has 164 valence electrons. The van der Waals surface area contributed by atoms with Crippen LogP contribution in [0.2, 0.25) is 15.1 Å². The van der Waals surface area contributed by atoms with Crippen molar-refractivity contribution >= 4 is 74.4 Å². The number of amides is 2. The highest BCUT2D eigenvalue weighted by atomic mass is 79.9. The van der Waals surface area contributed by atoms with Gasteiger partial charge in [-0.05, 0) is 66.2 Å². The van der Waals surface area contributed by atoms with Gasteiger partial charge in [0.05, 0.1) is 16.3 Å². The molecule has 0 radical (unpaired) electrons. The minimum atomic E-state index is -0.388. The molecule has 3 rings (SSSR count). The van der Waals surface area contributed by atoms with Crippen molar-refractivity contribution in [3.63, 3.8) is 0 Å². The van der Waals surface area contributed by atoms with Crippen LogP contribution in [0.3, 0.4) is 0 Å². The van der Waals surface area contributed by atoms with Crippen LogP contribution < -0.4 is 15.5 Å². The third kappa shape index (κ3) is 6.97. The van der Waals surface area contributed by atoms with E-state index in [1.165, 1.54) is 6.21 Å². The van der Waals surface area contributed by atoms with Crippen LogP contribution in [0.4, 0.5) is 5.69 Å². The number of rotatable bonds is 7. The summed E-state index contributed by atoms with van der Waals surface area (Å²) in [5, 5.41) is 7.53. The molecule has 0 bridgehead atoms. The van der Waals surface area contributed by atoms with Gasteiger partial charge >= 0.3 is 0 Å². The zero-order valence-electron chi connectivity index (χ0n) is 16.2. The molecule has 0 heterocycles. The number of carbonyl (C=O) groups excluding carboxylic acids is 2. The molecule has 0 atom stereocenters. The molecule has 0 aromatic heterocycles. The third-order valence-electron chi connectivity index (χ3n) is 3.98. The number of hydrazone groups is 1. The van der Waals surface area contributed by atoms with Crippen LogP contribution in [0, 0.1) is 0 Å². The van der Waals surface area contributed by atoms with Crippen molar-refractivity contribution in [3.8, 4) is 5.75 Å². The van der Waals surface area contributed by atoms with Crippen LogP contribution >= 0.6 is 50.7 Å². The lowest BCUT2D eigenvalue weighted by Gasteiger charge is -2.11. The third-order valence-corrected chi connectivity index (χ3v) is 5.32. The van der Waals surface area contributed by atoms with Crippen molar-refractivity contribution in [2.75, 3.05) is 11.9 Å². The van der Waals surface area contributed by atoms with Gasteiger partial charge in [-0.3, -0.25) is 9.59 Å². The van der Waals surface area contributed by atoms with Crippen LogP contribution in [0.5, 0.6) is 5.75 Å². The summed E-state index contributed by atoms with van der Waals surface area (Å²) in [6.07, 6.45) is 1.39. The average Bonchev–Trinajstić information content (AvgIpc) is 2.75. The monoisotopic (exact) mass is 553 g/mol. The second-order valence-electron chi connectivity index (χ2n) is 6.36. The van der Waals surface area contributed by atoms with Gasteiger partial charge in [0, 0.05) is 20.7 Å². The lowest BCUT2D eigenvalue weighted by molar-refractivity contribution is -0.118. The van der Waals surface area contributed by atoms with E-state index >= 15 is 0 Å². The van der Waals surface area contributed by atoms with Gasteiger partial charge in [0.25, 0.3) is 11.8 Å². The summed E-state index contributed by atoms with van der Waals surface area (Å²) in [4.78, 5) is 24.2. The Hall–Kier alpha value is -2.58. The van der Waals surface area contributed by atoms with Crippen molar-refractivity contribution in [3.05, 3.63) is 91.3 Å². The fourth-order valence-electron chi connectivity index (χ4n) is 2.49. The number of hydrogen-bond acceptors (Lipinski definition) is 4. The van der Waals surface area contributed by atoms with Crippen LogP contribution in [-0.4, -0.2) is 24.6 Å². The molecule has 0 aliphatic rings. The molecule has 10 heteroatoms. The van der Waals surface area contributed by atoms with E-state index in [-0.39, 0.29) is 34.2 Å². The number of carbonyl (C=O) groups is 2. The summed E-state index contributed by atoms with van der Waals surface area (Å²) < 4.78 is 6.34. The summed E-state index contributed by atoms with van der Waals surface area (Å²) >= 11 is 21.6. The number of benzene rings is 3. The molecule has 0 fully saturated rings. The van der Waals surface area contributed by atoms with Gasteiger partial charge in [-0.1, -0.05) is 50.7 Å². The molecular weight excluding hydrogens is 541 g/mol. The second-order valence-corrected chi connectivity index (χ2v) is 8.53. The van der Waals surface area contributed by atoms with E-state index in [1.54, 1.807) is 60.7 Å². The van der Waals surface area contributed by atoms with E-state index in [1.807, 2.05) is 0 Å². The van der Waals surface area contributed by atoms with E-state index in [2.05, 4.69) is 31.8 Å². The maximum absolute atomic E-state index is 12.1. The fraction of sp³-hybridized carbons (Fsp3) is 0.0455. The Morgan fingerprint density at radius 3 is 2.22 bits per heavy atom. The van der Waals surface area contributed by atoms with Gasteiger partial charge in [-0.25, -0.2) is 5.43 Å². The number of ether oxygens (including phenoxy) is 1. The molecule has 32 heavy (non-hydrogen) atoms. The smallest absolute Gasteiger partial charge is 0.271 e. The molecule has 3 aromatic carbocycles. The summed E-state index contributed by atoms with van der Waals surface area (Å²) in [5.74, 6) is -0.589. The van der Waals surface area contributed by atoms with Gasteiger partial charge in [0.1, 0.15) is 0 Å². The molecule has 2 amide bonds. The summed E-state index contributed by atoms with van der Waals surface area (Å²) in [6, 6.07) is 16.6. The van der Waals surface area contributed by atoms with Crippen molar-refractivity contribution in [2.45, 2.75) is 0 Å². The van der Waals surface area contributed by atoms with Gasteiger partial charge in [0.2, 0.25) is 0 Å². The Bertz CT molecular complexity index is 1130. The number of halogens is 4. The first-order valence-electron chi connectivity index (χ1n) is 9.08. The van der Waals surface area contributed by atoms with Gasteiger partial charge in [0.15, 0.2) is 12.4 Å². The van der Waals surface area contributed by atoms with E-state index in [0.717, 1.165) is 4.47 Å². The van der Waals surface area contributed by atoms with Crippen LogP contribution in [0.15, 0.2) is 70.2 Å². The number of hydrogen-bond donors (Lipinski definition) is 2. The Kier molecular flexibility index (Phi) is 8.53. The van der Waals surface area contributed by atoms with E-state index in [4.69, 9.17) is 39.5 Å². The van der Waals surface area contributed by atoms with Crippen molar-refractivity contribution in [2.24, 2.45) is 5.10 Å². The zero-order valence-corrected chi connectivity index (χ0v) is 20.1. The van der Waals surface area contributed by atoms with Crippen molar-refractivity contribution < 1.29 is 14.3 Å². The molecule has 6 nitrogen and oxygen atoms in total. The molecule has 0 aliphatic carbocycles. The average molecular weight is 556 g/mol. The van der Waals surface area contributed by atoms with Gasteiger partial charge < -0.3 is 10.1 Å². The van der Waals surface area contributed by atoms with E-state index in [0.29, 0.717) is 21.8 Å². The lowest BCUT2D eigenvalue weighted by Crippen LogP contribution is -2.20. The topological polar surface area (TPSA) is 79.8 Å². The van der Waals surface area contributed by atoms with Gasteiger partial charge in [-0.2, -0.15) is 5.10 Å². The number of anilines is 1. The van der Waals surface area contributed by atoms with E-state index in [9.17, 15) is 9.59 Å². The molecule has 0 aliphatic heterocycles. The predicted molar refractivity (Wildman–Crippen MR) is 131 cm³/mol. The lowest BCUT2D eigenvalue weighted by atomic mass is 10.2. The molecule has 0 spiro atoms. The molecule has 0 unspecified atom stereocenters. The highest BCUT2D eigenvalue weighted by Crippen LogP contribution is 2.33. The number of nitrogens with zero attached hydrogens (tertiary/aromatic N) is 1. The Labute approximate surface area is 207 Å². The Balaban J connectivity index is 1.57. The molecular formula is C22H15BrCl3N3O3. The Morgan fingerprint density at radius 1 is 0.969 bits per heavy atom. The number of nitrogens with one attached hydrogen (secondary N) is 2. The minimum absolute atomic E-state index is 0.163. The van der Waals surface area contributed by atoms with Crippen molar-refractivity contribution in [1.29, 1.82) is 0 Å². The van der Waals surface area contributed by atoms with E-state index < -0.39 is 0 Å². The van der Waals surface area contributed by atoms with Crippen LogP contribution in [0.1, 0.15) is 15.9 Å². The highest BCUT2D eigenvalue weighted by molar-refractivity contribution is 9.10. The highest BCUT2D eigenvalue weighted by Gasteiger charge is 2.12. The zero-order chi connectivity index (χ0) is 23.1.